The van der Waals surface area contributed by atoms with Gasteiger partial charge < -0.3 is 0 Å². The van der Waals surface area contributed by atoms with Crippen LogP contribution in [0.5, 0.6) is 0 Å². The van der Waals surface area contributed by atoms with Crippen molar-refractivity contribution in [1.29, 1.82) is 0 Å². The zero-order chi connectivity index (χ0) is 17.7. The largest absolute Gasteiger partial charge is 0.240 e. The SMILES string of the molecule is Cc1ccc(S(=O)(=O)N[C@@H]2CCC[C@H]2SSCc2ccccc2)cc1. The normalized spacial score (nSPS) is 20.7. The Morgan fingerprint density at radius 3 is 2.48 bits per heavy atom. The lowest BCUT2D eigenvalue weighted by molar-refractivity contribution is 0.555. The number of aryl methyl sites for hydroxylation is 1. The highest BCUT2D eigenvalue weighted by molar-refractivity contribution is 8.76. The zero-order valence-corrected chi connectivity index (χ0v) is 16.7. The van der Waals surface area contributed by atoms with E-state index < -0.39 is 10.0 Å². The highest BCUT2D eigenvalue weighted by atomic mass is 33.1. The molecule has 0 bridgehead atoms. The van der Waals surface area contributed by atoms with Gasteiger partial charge in [-0.3, -0.25) is 0 Å². The van der Waals surface area contributed by atoms with Crippen LogP contribution in [-0.2, 0) is 15.8 Å². The average Bonchev–Trinajstić information content (AvgIpc) is 3.03. The Kier molecular flexibility index (Phi) is 6.49. The third-order valence-electron chi connectivity index (χ3n) is 4.35. The van der Waals surface area contributed by atoms with E-state index >= 15 is 0 Å². The molecule has 0 aliphatic heterocycles. The van der Waals surface area contributed by atoms with Crippen molar-refractivity contribution in [1.82, 2.24) is 4.72 Å². The quantitative estimate of drug-likeness (QED) is 0.688. The van der Waals surface area contributed by atoms with E-state index in [1.807, 2.05) is 46.7 Å². The van der Waals surface area contributed by atoms with Gasteiger partial charge in [-0.2, -0.15) is 0 Å². The molecule has 134 valence electrons. The maximum Gasteiger partial charge on any atom is 0.240 e. The van der Waals surface area contributed by atoms with Crippen molar-refractivity contribution in [3.63, 3.8) is 0 Å². The Morgan fingerprint density at radius 1 is 1.04 bits per heavy atom. The molecule has 2 atom stereocenters. The minimum absolute atomic E-state index is 0.0135. The minimum atomic E-state index is -3.44. The van der Waals surface area contributed by atoms with Crippen LogP contribution in [0.4, 0.5) is 0 Å². The topological polar surface area (TPSA) is 46.2 Å². The van der Waals surface area contributed by atoms with Gasteiger partial charge in [-0.05, 0) is 37.5 Å². The van der Waals surface area contributed by atoms with E-state index in [0.717, 1.165) is 30.6 Å². The molecule has 0 spiro atoms. The molecule has 1 saturated carbocycles. The van der Waals surface area contributed by atoms with Crippen molar-refractivity contribution in [3.05, 3.63) is 65.7 Å². The number of hydrogen-bond donors (Lipinski definition) is 1. The fraction of sp³-hybridized carbons (Fsp3) is 0.368. The number of hydrogen-bond acceptors (Lipinski definition) is 4. The summed E-state index contributed by atoms with van der Waals surface area (Å²) in [5.74, 6) is 0.944. The van der Waals surface area contributed by atoms with Gasteiger partial charge in [0, 0.05) is 17.0 Å². The Hall–Kier alpha value is -0.950. The predicted molar refractivity (Wildman–Crippen MR) is 108 cm³/mol. The lowest BCUT2D eigenvalue weighted by Gasteiger charge is -2.20. The van der Waals surface area contributed by atoms with Crippen molar-refractivity contribution < 1.29 is 8.42 Å². The van der Waals surface area contributed by atoms with Crippen LogP contribution in [0, 0.1) is 6.92 Å². The third kappa shape index (κ3) is 5.26. The molecule has 0 heterocycles. The second-order valence-corrected chi connectivity index (χ2v) is 10.7. The fourth-order valence-corrected chi connectivity index (χ4v) is 7.32. The fourth-order valence-electron chi connectivity index (χ4n) is 2.92. The number of nitrogens with one attached hydrogen (secondary N) is 1. The van der Waals surface area contributed by atoms with Crippen molar-refractivity contribution in [2.45, 2.75) is 48.1 Å². The highest BCUT2D eigenvalue weighted by Crippen LogP contribution is 2.39. The molecule has 1 N–H and O–H groups in total. The first kappa shape index (κ1) is 18.8. The molecule has 1 fully saturated rings. The van der Waals surface area contributed by atoms with Crippen molar-refractivity contribution in [2.24, 2.45) is 0 Å². The van der Waals surface area contributed by atoms with Crippen LogP contribution in [0.1, 0.15) is 30.4 Å². The molecule has 2 aromatic rings. The summed E-state index contributed by atoms with van der Waals surface area (Å²) in [5, 5.41) is 0.328. The summed E-state index contributed by atoms with van der Waals surface area (Å²) < 4.78 is 28.2. The molecule has 0 radical (unpaired) electrons. The maximum absolute atomic E-state index is 12.6. The van der Waals surface area contributed by atoms with Gasteiger partial charge in [0.1, 0.15) is 0 Å². The smallest absolute Gasteiger partial charge is 0.207 e. The minimum Gasteiger partial charge on any atom is -0.207 e. The zero-order valence-electron chi connectivity index (χ0n) is 14.2. The average molecular weight is 394 g/mol. The molecule has 3 nitrogen and oxygen atoms in total. The molecule has 3 rings (SSSR count). The summed E-state index contributed by atoms with van der Waals surface area (Å²) in [5.41, 5.74) is 2.36. The standard InChI is InChI=1S/C19H23NO2S3/c1-15-10-12-17(13-11-15)25(21,22)20-18-8-5-9-19(18)24-23-14-16-6-3-2-4-7-16/h2-4,6-7,10-13,18-20H,5,8-9,14H2,1H3/t18-,19-/m1/s1. The van der Waals surface area contributed by atoms with Crippen LogP contribution < -0.4 is 4.72 Å². The monoisotopic (exact) mass is 393 g/mol. The van der Waals surface area contributed by atoms with E-state index in [0.29, 0.717) is 10.1 Å². The van der Waals surface area contributed by atoms with E-state index in [4.69, 9.17) is 0 Å². The Bertz CT molecular complexity index is 776. The van der Waals surface area contributed by atoms with Crippen LogP contribution in [0.15, 0.2) is 59.5 Å². The summed E-state index contributed by atoms with van der Waals surface area (Å²) in [6.07, 6.45) is 3.05. The van der Waals surface area contributed by atoms with Gasteiger partial charge in [0.2, 0.25) is 10.0 Å². The van der Waals surface area contributed by atoms with Gasteiger partial charge in [0.05, 0.1) is 4.90 Å². The van der Waals surface area contributed by atoms with Crippen molar-refractivity contribution >= 4 is 31.6 Å². The lowest BCUT2D eigenvalue weighted by Crippen LogP contribution is -2.38. The van der Waals surface area contributed by atoms with Crippen LogP contribution in [0.25, 0.3) is 0 Å². The highest BCUT2D eigenvalue weighted by Gasteiger charge is 2.31. The summed E-state index contributed by atoms with van der Waals surface area (Å²) in [6.45, 7) is 1.96. The van der Waals surface area contributed by atoms with Crippen molar-refractivity contribution in [3.8, 4) is 0 Å². The molecule has 0 unspecified atom stereocenters. The summed E-state index contributed by atoms with van der Waals surface area (Å²) in [4.78, 5) is 0.352. The predicted octanol–water partition coefficient (Wildman–Crippen LogP) is 4.78. The molecule has 6 heteroatoms. The van der Waals surface area contributed by atoms with Gasteiger partial charge >= 0.3 is 0 Å². The van der Waals surface area contributed by atoms with Gasteiger partial charge in [-0.25, -0.2) is 13.1 Å². The van der Waals surface area contributed by atoms with Crippen LogP contribution in [-0.4, -0.2) is 19.7 Å². The molecular formula is C19H23NO2S3. The molecule has 1 aliphatic rings. The van der Waals surface area contributed by atoms with E-state index in [1.54, 1.807) is 12.1 Å². The molecule has 0 saturated heterocycles. The molecule has 0 aromatic heterocycles. The first-order valence-corrected chi connectivity index (χ1v) is 12.3. The number of sulfonamides is 1. The van der Waals surface area contributed by atoms with Gasteiger partial charge in [-0.1, -0.05) is 76.0 Å². The lowest BCUT2D eigenvalue weighted by atomic mass is 10.2. The Labute approximate surface area is 158 Å². The Morgan fingerprint density at radius 2 is 1.76 bits per heavy atom. The summed E-state index contributed by atoms with van der Waals surface area (Å²) in [7, 11) is 0.185. The molecule has 1 aliphatic carbocycles. The molecule has 25 heavy (non-hydrogen) atoms. The van der Waals surface area contributed by atoms with Crippen molar-refractivity contribution in [2.75, 3.05) is 0 Å². The Balaban J connectivity index is 1.57. The van der Waals surface area contributed by atoms with Gasteiger partial charge in [-0.15, -0.1) is 0 Å². The van der Waals surface area contributed by atoms with E-state index in [2.05, 4.69) is 29.0 Å². The van der Waals surface area contributed by atoms with E-state index in [9.17, 15) is 8.42 Å². The maximum atomic E-state index is 12.6. The first-order chi connectivity index (χ1) is 12.0. The molecule has 0 amide bonds. The second-order valence-electron chi connectivity index (χ2n) is 6.35. The van der Waals surface area contributed by atoms with Gasteiger partial charge in [0.25, 0.3) is 0 Å². The molecular weight excluding hydrogens is 370 g/mol. The van der Waals surface area contributed by atoms with Gasteiger partial charge in [0.15, 0.2) is 0 Å². The number of benzene rings is 2. The summed E-state index contributed by atoms with van der Waals surface area (Å²) >= 11 is 0. The molecule has 2 aromatic carbocycles. The van der Waals surface area contributed by atoms with E-state index in [1.165, 1.54) is 5.56 Å². The van der Waals surface area contributed by atoms with Crippen LogP contribution in [0.3, 0.4) is 0 Å². The first-order valence-electron chi connectivity index (χ1n) is 8.46. The number of rotatable bonds is 7. The third-order valence-corrected chi connectivity index (χ3v) is 8.76. The van der Waals surface area contributed by atoms with Crippen LogP contribution in [0.2, 0.25) is 0 Å². The summed E-state index contributed by atoms with van der Waals surface area (Å²) in [6, 6.07) is 17.4. The second kappa shape index (κ2) is 8.62. The van der Waals surface area contributed by atoms with Crippen LogP contribution >= 0.6 is 21.6 Å². The van der Waals surface area contributed by atoms with E-state index in [-0.39, 0.29) is 6.04 Å².